The van der Waals surface area contributed by atoms with Crippen LogP contribution in [0.25, 0.3) is 16.2 Å². The first-order valence-electron chi connectivity index (χ1n) is 6.63. The van der Waals surface area contributed by atoms with Crippen molar-refractivity contribution in [2.24, 2.45) is 0 Å². The fraction of sp³-hybridized carbons (Fsp3) is 0.267. The SMILES string of the molecule is CCCc1nn2c(C=O)c(-c3ccc(C)cc3)nc2s1. The number of fused-ring (bicyclic) bond motifs is 1. The van der Waals surface area contributed by atoms with Crippen LogP contribution in [0.15, 0.2) is 24.3 Å². The van der Waals surface area contributed by atoms with E-state index in [0.29, 0.717) is 11.4 Å². The molecule has 0 saturated carbocycles. The molecule has 0 radical (unpaired) electrons. The van der Waals surface area contributed by atoms with E-state index in [1.807, 2.05) is 31.2 Å². The summed E-state index contributed by atoms with van der Waals surface area (Å²) in [5.74, 6) is 0. The number of benzene rings is 1. The standard InChI is InChI=1S/C15H15N3OS/c1-3-4-13-17-18-12(9-19)14(16-15(18)20-13)11-7-5-10(2)6-8-11/h5-9H,3-4H2,1-2H3. The van der Waals surface area contributed by atoms with Gasteiger partial charge in [-0.3, -0.25) is 4.79 Å². The maximum Gasteiger partial charge on any atom is 0.213 e. The molecule has 0 fully saturated rings. The molecule has 0 aliphatic carbocycles. The van der Waals surface area contributed by atoms with E-state index >= 15 is 0 Å². The Kier molecular flexibility index (Phi) is 3.36. The summed E-state index contributed by atoms with van der Waals surface area (Å²) < 4.78 is 1.66. The van der Waals surface area contributed by atoms with E-state index in [4.69, 9.17) is 0 Å². The van der Waals surface area contributed by atoms with Gasteiger partial charge >= 0.3 is 0 Å². The smallest absolute Gasteiger partial charge is 0.213 e. The minimum Gasteiger partial charge on any atom is -0.296 e. The summed E-state index contributed by atoms with van der Waals surface area (Å²) in [6.07, 6.45) is 2.80. The maximum atomic E-state index is 11.4. The maximum absolute atomic E-state index is 11.4. The largest absolute Gasteiger partial charge is 0.296 e. The summed E-state index contributed by atoms with van der Waals surface area (Å²) in [7, 11) is 0. The monoisotopic (exact) mass is 285 g/mol. The Morgan fingerprint density at radius 3 is 2.70 bits per heavy atom. The van der Waals surface area contributed by atoms with Crippen molar-refractivity contribution in [2.75, 3.05) is 0 Å². The molecule has 0 aliphatic heterocycles. The molecule has 2 heterocycles. The van der Waals surface area contributed by atoms with Crippen LogP contribution in [0.5, 0.6) is 0 Å². The summed E-state index contributed by atoms with van der Waals surface area (Å²) >= 11 is 1.55. The Morgan fingerprint density at radius 2 is 2.05 bits per heavy atom. The molecule has 0 amide bonds. The molecule has 102 valence electrons. The molecule has 0 unspecified atom stereocenters. The highest BCUT2D eigenvalue weighted by Gasteiger charge is 2.17. The highest BCUT2D eigenvalue weighted by atomic mass is 32.1. The van der Waals surface area contributed by atoms with E-state index in [9.17, 15) is 4.79 Å². The Labute approximate surface area is 121 Å². The third-order valence-electron chi connectivity index (χ3n) is 3.18. The number of rotatable bonds is 4. The number of hydrogen-bond acceptors (Lipinski definition) is 4. The summed E-state index contributed by atoms with van der Waals surface area (Å²) in [5, 5.41) is 5.50. The molecule has 0 saturated heterocycles. The van der Waals surface area contributed by atoms with Crippen LogP contribution in [0.4, 0.5) is 0 Å². The van der Waals surface area contributed by atoms with Crippen LogP contribution in [0.3, 0.4) is 0 Å². The summed E-state index contributed by atoms with van der Waals surface area (Å²) in [4.78, 5) is 16.8. The van der Waals surface area contributed by atoms with Crippen molar-refractivity contribution in [2.45, 2.75) is 26.7 Å². The van der Waals surface area contributed by atoms with Crippen molar-refractivity contribution in [1.29, 1.82) is 0 Å². The van der Waals surface area contributed by atoms with Gasteiger partial charge in [-0.05, 0) is 13.3 Å². The lowest BCUT2D eigenvalue weighted by atomic mass is 10.1. The number of aryl methyl sites for hydroxylation is 2. The lowest BCUT2D eigenvalue weighted by Gasteiger charge is -1.99. The van der Waals surface area contributed by atoms with Gasteiger partial charge in [0.05, 0.1) is 0 Å². The summed E-state index contributed by atoms with van der Waals surface area (Å²) in [5.41, 5.74) is 3.38. The molecule has 0 N–H and O–H groups in total. The van der Waals surface area contributed by atoms with E-state index in [-0.39, 0.29) is 0 Å². The predicted molar refractivity (Wildman–Crippen MR) is 80.4 cm³/mol. The molecule has 2 aromatic heterocycles. The quantitative estimate of drug-likeness (QED) is 0.689. The van der Waals surface area contributed by atoms with Gasteiger partial charge in [0.1, 0.15) is 16.4 Å². The van der Waals surface area contributed by atoms with Crippen LogP contribution < -0.4 is 0 Å². The number of imidazole rings is 1. The van der Waals surface area contributed by atoms with Crippen LogP contribution in [0.2, 0.25) is 0 Å². The van der Waals surface area contributed by atoms with Crippen molar-refractivity contribution >= 4 is 22.6 Å². The zero-order valence-electron chi connectivity index (χ0n) is 11.5. The van der Waals surface area contributed by atoms with Crippen LogP contribution >= 0.6 is 11.3 Å². The van der Waals surface area contributed by atoms with E-state index in [2.05, 4.69) is 17.0 Å². The topological polar surface area (TPSA) is 47.3 Å². The fourth-order valence-corrected chi connectivity index (χ4v) is 3.15. The fourth-order valence-electron chi connectivity index (χ4n) is 2.15. The molecule has 1 aromatic carbocycles. The molecule has 0 aliphatic rings. The molecule has 0 atom stereocenters. The number of nitrogens with zero attached hydrogens (tertiary/aromatic N) is 3. The summed E-state index contributed by atoms with van der Waals surface area (Å²) in [6.45, 7) is 4.15. The van der Waals surface area contributed by atoms with Crippen LogP contribution in [0.1, 0.15) is 34.4 Å². The Balaban J connectivity index is 2.13. The van der Waals surface area contributed by atoms with Gasteiger partial charge in [-0.2, -0.15) is 9.61 Å². The van der Waals surface area contributed by atoms with Crippen LogP contribution in [-0.4, -0.2) is 20.9 Å². The Bertz CT molecular complexity index is 755. The van der Waals surface area contributed by atoms with Gasteiger partial charge in [-0.15, -0.1) is 0 Å². The van der Waals surface area contributed by atoms with Gasteiger partial charge in [0, 0.05) is 12.0 Å². The van der Waals surface area contributed by atoms with Gasteiger partial charge in [-0.25, -0.2) is 4.98 Å². The van der Waals surface area contributed by atoms with Crippen LogP contribution in [-0.2, 0) is 6.42 Å². The molecule has 3 aromatic rings. The molecule has 3 rings (SSSR count). The molecule has 4 nitrogen and oxygen atoms in total. The molecule has 20 heavy (non-hydrogen) atoms. The average molecular weight is 285 g/mol. The van der Waals surface area contributed by atoms with Gasteiger partial charge in [0.2, 0.25) is 4.96 Å². The number of aromatic nitrogens is 3. The first kappa shape index (κ1) is 13.0. The first-order chi connectivity index (χ1) is 9.72. The lowest BCUT2D eigenvalue weighted by molar-refractivity contribution is 0.111. The lowest BCUT2D eigenvalue weighted by Crippen LogP contribution is -1.95. The highest BCUT2D eigenvalue weighted by molar-refractivity contribution is 7.16. The normalized spacial score (nSPS) is 11.1. The minimum absolute atomic E-state index is 0.530. The van der Waals surface area contributed by atoms with Gasteiger partial charge in [0.15, 0.2) is 6.29 Å². The second kappa shape index (κ2) is 5.17. The van der Waals surface area contributed by atoms with Crippen molar-refractivity contribution in [1.82, 2.24) is 14.6 Å². The van der Waals surface area contributed by atoms with Crippen molar-refractivity contribution in [3.63, 3.8) is 0 Å². The molecule has 0 spiro atoms. The number of carbonyl (C=O) groups excluding carboxylic acids is 1. The number of aldehydes is 1. The van der Waals surface area contributed by atoms with E-state index in [1.165, 1.54) is 5.56 Å². The van der Waals surface area contributed by atoms with Crippen molar-refractivity contribution < 1.29 is 4.79 Å². The predicted octanol–water partition coefficient (Wildman–Crippen LogP) is 3.53. The third-order valence-corrected chi connectivity index (χ3v) is 4.15. The number of carbonyl (C=O) groups is 1. The van der Waals surface area contributed by atoms with E-state index in [1.54, 1.807) is 15.9 Å². The first-order valence-corrected chi connectivity index (χ1v) is 7.45. The van der Waals surface area contributed by atoms with Gasteiger partial charge < -0.3 is 0 Å². The van der Waals surface area contributed by atoms with E-state index < -0.39 is 0 Å². The molecule has 5 heteroatoms. The third kappa shape index (κ3) is 2.14. The second-order valence-electron chi connectivity index (χ2n) is 4.77. The van der Waals surface area contributed by atoms with E-state index in [0.717, 1.165) is 34.7 Å². The Hall–Kier alpha value is -2.01. The number of hydrogen-bond donors (Lipinski definition) is 0. The zero-order valence-corrected chi connectivity index (χ0v) is 12.3. The second-order valence-corrected chi connectivity index (χ2v) is 5.81. The average Bonchev–Trinajstić information content (AvgIpc) is 2.96. The van der Waals surface area contributed by atoms with Crippen molar-refractivity contribution in [3.8, 4) is 11.3 Å². The Morgan fingerprint density at radius 1 is 1.30 bits per heavy atom. The molecular weight excluding hydrogens is 270 g/mol. The highest BCUT2D eigenvalue weighted by Crippen LogP contribution is 2.26. The zero-order chi connectivity index (χ0) is 14.1. The van der Waals surface area contributed by atoms with Gasteiger partial charge in [-0.1, -0.05) is 48.1 Å². The minimum atomic E-state index is 0.530. The molecular formula is C15H15N3OS. The van der Waals surface area contributed by atoms with Gasteiger partial charge in [0.25, 0.3) is 0 Å². The van der Waals surface area contributed by atoms with Crippen LogP contribution in [0, 0.1) is 6.92 Å². The molecule has 0 bridgehead atoms. The summed E-state index contributed by atoms with van der Waals surface area (Å²) in [6, 6.07) is 8.02. The van der Waals surface area contributed by atoms with Crippen molar-refractivity contribution in [3.05, 3.63) is 40.5 Å².